The van der Waals surface area contributed by atoms with Gasteiger partial charge in [0.05, 0.1) is 12.8 Å². The largest absolute Gasteiger partial charge is 0.459 e. The van der Waals surface area contributed by atoms with Gasteiger partial charge in [0.15, 0.2) is 11.7 Å². The van der Waals surface area contributed by atoms with E-state index in [0.29, 0.717) is 25.4 Å². The number of piperazine rings is 1. The third-order valence-electron chi connectivity index (χ3n) is 5.61. The first-order chi connectivity index (χ1) is 15.6. The van der Waals surface area contributed by atoms with E-state index in [1.54, 1.807) is 12.1 Å². The lowest BCUT2D eigenvalue weighted by atomic mass is 10.1. The van der Waals surface area contributed by atoms with E-state index in [2.05, 4.69) is 51.0 Å². The summed E-state index contributed by atoms with van der Waals surface area (Å²) in [5.74, 6) is 2.23. The van der Waals surface area contributed by atoms with Gasteiger partial charge in [-0.3, -0.25) is 4.79 Å². The van der Waals surface area contributed by atoms with E-state index in [4.69, 9.17) is 9.41 Å². The van der Waals surface area contributed by atoms with Gasteiger partial charge in [0.2, 0.25) is 0 Å². The molecule has 1 saturated heterocycles. The molecule has 1 N–H and O–H groups in total. The summed E-state index contributed by atoms with van der Waals surface area (Å²) in [6.07, 6.45) is 5.36. The average molecular weight is 435 g/mol. The van der Waals surface area contributed by atoms with Gasteiger partial charge in [0, 0.05) is 51.7 Å². The molecule has 0 saturated carbocycles. The minimum absolute atomic E-state index is 0.0541. The number of aryl methyl sites for hydroxylation is 1. The Morgan fingerprint density at radius 1 is 1.12 bits per heavy atom. The summed E-state index contributed by atoms with van der Waals surface area (Å²) >= 11 is 0. The normalized spacial score (nSPS) is 14.6. The Labute approximate surface area is 188 Å². The molecule has 1 aromatic carbocycles. The molecule has 1 amide bonds. The van der Waals surface area contributed by atoms with Crippen molar-refractivity contribution in [2.45, 2.75) is 26.9 Å². The van der Waals surface area contributed by atoms with Gasteiger partial charge in [-0.1, -0.05) is 24.3 Å². The Kier molecular flexibility index (Phi) is 6.89. The molecule has 3 aromatic rings. The van der Waals surface area contributed by atoms with E-state index in [-0.39, 0.29) is 5.91 Å². The summed E-state index contributed by atoms with van der Waals surface area (Å²) in [5, 5.41) is 3.39. The maximum atomic E-state index is 12.5. The smallest absolute Gasteiger partial charge is 0.289 e. The van der Waals surface area contributed by atoms with Crippen molar-refractivity contribution in [1.29, 1.82) is 0 Å². The number of nitrogens with zero attached hydrogens (tertiary/aromatic N) is 5. The summed E-state index contributed by atoms with van der Waals surface area (Å²) in [6.45, 7) is 9.03. The molecule has 8 nitrogen and oxygen atoms in total. The van der Waals surface area contributed by atoms with Crippen LogP contribution in [-0.4, -0.2) is 63.9 Å². The van der Waals surface area contributed by atoms with Crippen molar-refractivity contribution in [3.63, 3.8) is 0 Å². The van der Waals surface area contributed by atoms with Gasteiger partial charge in [-0.15, -0.1) is 0 Å². The van der Waals surface area contributed by atoms with Gasteiger partial charge in [0.25, 0.3) is 5.91 Å². The van der Waals surface area contributed by atoms with E-state index < -0.39 is 0 Å². The third-order valence-corrected chi connectivity index (χ3v) is 5.61. The van der Waals surface area contributed by atoms with Gasteiger partial charge >= 0.3 is 0 Å². The van der Waals surface area contributed by atoms with E-state index in [1.807, 2.05) is 24.2 Å². The first-order valence-electron chi connectivity index (χ1n) is 11.1. The second kappa shape index (κ2) is 10.2. The fourth-order valence-electron chi connectivity index (χ4n) is 3.86. The molecule has 3 heterocycles. The average Bonchev–Trinajstić information content (AvgIpc) is 3.49. The highest BCUT2D eigenvalue weighted by Gasteiger charge is 2.25. The summed E-state index contributed by atoms with van der Waals surface area (Å²) < 4.78 is 7.39. The molecule has 0 aliphatic carbocycles. The van der Waals surface area contributed by atoms with E-state index in [1.165, 1.54) is 17.4 Å². The molecule has 0 radical (unpaired) electrons. The number of nitrogens with one attached hydrogen (secondary N) is 1. The van der Waals surface area contributed by atoms with Crippen molar-refractivity contribution in [3.8, 4) is 0 Å². The number of hydrogen-bond donors (Lipinski definition) is 1. The lowest BCUT2D eigenvalue weighted by Gasteiger charge is -2.36. The van der Waals surface area contributed by atoms with Crippen LogP contribution in [0.25, 0.3) is 0 Å². The monoisotopic (exact) mass is 434 g/mol. The molecule has 1 aliphatic rings. The van der Waals surface area contributed by atoms with Gasteiger partial charge in [-0.25, -0.2) is 9.98 Å². The fourth-order valence-corrected chi connectivity index (χ4v) is 3.86. The number of carbonyl (C=O) groups is 1. The molecule has 2 aromatic heterocycles. The topological polar surface area (TPSA) is 78.9 Å². The van der Waals surface area contributed by atoms with Crippen LogP contribution in [0.2, 0.25) is 0 Å². The molecule has 0 bridgehead atoms. The molecular weight excluding hydrogens is 404 g/mol. The minimum Gasteiger partial charge on any atom is -0.459 e. The number of carbonyl (C=O) groups excluding carboxylic acids is 1. The molecule has 0 atom stereocenters. The van der Waals surface area contributed by atoms with Crippen LogP contribution in [0.15, 0.2) is 64.5 Å². The molecule has 32 heavy (non-hydrogen) atoms. The number of amides is 1. The molecule has 0 spiro atoms. The number of benzene rings is 1. The summed E-state index contributed by atoms with van der Waals surface area (Å²) in [6, 6.07) is 12.0. The molecule has 1 aliphatic heterocycles. The summed E-state index contributed by atoms with van der Waals surface area (Å²) in [4.78, 5) is 25.7. The Hall–Kier alpha value is -3.55. The van der Waals surface area contributed by atoms with Crippen LogP contribution < -0.4 is 5.32 Å². The number of aromatic nitrogens is 2. The number of hydrogen-bond acceptors (Lipinski definition) is 4. The van der Waals surface area contributed by atoms with Gasteiger partial charge in [-0.05, 0) is 37.1 Å². The van der Waals surface area contributed by atoms with E-state index in [0.717, 1.165) is 38.0 Å². The first-order valence-corrected chi connectivity index (χ1v) is 11.1. The maximum absolute atomic E-state index is 12.5. The van der Waals surface area contributed by atoms with Crippen LogP contribution in [0.1, 0.15) is 34.4 Å². The minimum atomic E-state index is -0.0541. The van der Waals surface area contributed by atoms with Crippen LogP contribution in [0.5, 0.6) is 0 Å². The van der Waals surface area contributed by atoms with Crippen molar-refractivity contribution in [2.75, 3.05) is 32.7 Å². The van der Waals surface area contributed by atoms with Crippen LogP contribution in [-0.2, 0) is 13.1 Å². The van der Waals surface area contributed by atoms with Crippen LogP contribution in [0, 0.1) is 6.92 Å². The van der Waals surface area contributed by atoms with Crippen molar-refractivity contribution in [3.05, 3.63) is 77.8 Å². The number of rotatable bonds is 6. The van der Waals surface area contributed by atoms with Crippen molar-refractivity contribution in [2.24, 2.45) is 4.99 Å². The van der Waals surface area contributed by atoms with Gasteiger partial charge in [0.1, 0.15) is 5.82 Å². The second-order valence-electron chi connectivity index (χ2n) is 7.85. The predicted octanol–water partition coefficient (Wildman–Crippen LogP) is 2.76. The Morgan fingerprint density at radius 2 is 1.91 bits per heavy atom. The highest BCUT2D eigenvalue weighted by Crippen LogP contribution is 2.12. The Bertz CT molecular complexity index is 1050. The predicted molar refractivity (Wildman–Crippen MR) is 124 cm³/mol. The lowest BCUT2D eigenvalue weighted by molar-refractivity contribution is 0.0657. The van der Waals surface area contributed by atoms with Crippen LogP contribution in [0.4, 0.5) is 0 Å². The first kappa shape index (κ1) is 21.7. The van der Waals surface area contributed by atoms with E-state index >= 15 is 0 Å². The number of furan rings is 1. The SMILES string of the molecule is CCNC(=NCc1cccc(Cn2ccnc2C)c1)N1CCN(C(=O)c2ccco2)CC1. The number of guanidine groups is 1. The highest BCUT2D eigenvalue weighted by molar-refractivity contribution is 5.91. The van der Waals surface area contributed by atoms with Crippen LogP contribution >= 0.6 is 0 Å². The molecular formula is C24H30N6O2. The zero-order valence-electron chi connectivity index (χ0n) is 18.7. The standard InChI is InChI=1S/C24H30N6O2/c1-3-25-24(29-13-11-28(12-14-29)23(31)22-8-5-15-32-22)27-17-20-6-4-7-21(16-20)18-30-10-9-26-19(30)2/h4-10,15-16H,3,11-14,17-18H2,1-2H3,(H,25,27). The van der Waals surface area contributed by atoms with Crippen molar-refractivity contribution in [1.82, 2.24) is 24.7 Å². The molecule has 8 heteroatoms. The number of imidazole rings is 1. The van der Waals surface area contributed by atoms with Crippen molar-refractivity contribution >= 4 is 11.9 Å². The second-order valence-corrected chi connectivity index (χ2v) is 7.85. The number of aliphatic imine (C=N–C) groups is 1. The fraction of sp³-hybridized carbons (Fsp3) is 0.375. The Morgan fingerprint density at radius 3 is 2.59 bits per heavy atom. The van der Waals surface area contributed by atoms with Gasteiger partial charge < -0.3 is 24.1 Å². The quantitative estimate of drug-likeness (QED) is 0.477. The molecule has 4 rings (SSSR count). The zero-order chi connectivity index (χ0) is 22.3. The molecule has 0 unspecified atom stereocenters. The summed E-state index contributed by atoms with van der Waals surface area (Å²) in [5.41, 5.74) is 2.40. The van der Waals surface area contributed by atoms with Crippen LogP contribution in [0.3, 0.4) is 0 Å². The molecule has 168 valence electrons. The third kappa shape index (κ3) is 5.19. The molecule has 1 fully saturated rings. The van der Waals surface area contributed by atoms with Gasteiger partial charge in [-0.2, -0.15) is 0 Å². The summed E-state index contributed by atoms with van der Waals surface area (Å²) in [7, 11) is 0. The Balaban J connectivity index is 1.38. The highest BCUT2D eigenvalue weighted by atomic mass is 16.3. The maximum Gasteiger partial charge on any atom is 0.289 e. The lowest BCUT2D eigenvalue weighted by Crippen LogP contribution is -2.53. The zero-order valence-corrected chi connectivity index (χ0v) is 18.7. The van der Waals surface area contributed by atoms with Crippen molar-refractivity contribution < 1.29 is 9.21 Å². The van der Waals surface area contributed by atoms with E-state index in [9.17, 15) is 4.79 Å².